The molecule has 0 N–H and O–H groups in total. The third-order valence-electron chi connectivity index (χ3n) is 5.49. The van der Waals surface area contributed by atoms with Crippen LogP contribution >= 0.6 is 0 Å². The molecule has 4 aliphatic rings. The van der Waals surface area contributed by atoms with Crippen LogP contribution in [0.2, 0.25) is 0 Å². The van der Waals surface area contributed by atoms with Crippen LogP contribution in [0, 0.1) is 23.2 Å². The number of Topliss-reactive ketones (excluding diaryl/α,β-unsaturated/α-hetero) is 2. The molecule has 2 nitrogen and oxygen atoms in total. The summed E-state index contributed by atoms with van der Waals surface area (Å²) in [5.41, 5.74) is 0.0635. The van der Waals surface area contributed by atoms with Gasteiger partial charge in [0.1, 0.15) is 5.78 Å². The van der Waals surface area contributed by atoms with E-state index in [0.29, 0.717) is 11.8 Å². The Balaban J connectivity index is 1.77. The van der Waals surface area contributed by atoms with Crippen LogP contribution in [0.1, 0.15) is 42.5 Å². The minimum atomic E-state index is -0.657. The molecule has 98 valence electrons. The first-order chi connectivity index (χ1) is 9.19. The van der Waals surface area contributed by atoms with E-state index in [4.69, 9.17) is 0 Å². The number of ketones is 2. The first-order valence-corrected chi connectivity index (χ1v) is 7.33. The van der Waals surface area contributed by atoms with Gasteiger partial charge in [-0.3, -0.25) is 9.59 Å². The topological polar surface area (TPSA) is 34.1 Å². The number of benzene rings is 1. The van der Waals surface area contributed by atoms with E-state index in [2.05, 4.69) is 0 Å². The number of hydrogen-bond donors (Lipinski definition) is 0. The second kappa shape index (κ2) is 3.78. The summed E-state index contributed by atoms with van der Waals surface area (Å²) in [6, 6.07) is 9.40. The molecule has 1 aromatic rings. The van der Waals surface area contributed by atoms with Crippen molar-refractivity contribution in [2.24, 2.45) is 23.2 Å². The fourth-order valence-electron chi connectivity index (χ4n) is 4.94. The first kappa shape index (κ1) is 11.4. The molecular weight excluding hydrogens is 236 g/mol. The van der Waals surface area contributed by atoms with Gasteiger partial charge in [-0.1, -0.05) is 30.3 Å². The Morgan fingerprint density at radius 3 is 2.26 bits per heavy atom. The summed E-state index contributed by atoms with van der Waals surface area (Å²) >= 11 is 0. The van der Waals surface area contributed by atoms with Gasteiger partial charge in [0, 0.05) is 11.5 Å². The number of rotatable bonds is 2. The standard InChI is InChI=1S/C17H18O2/c18-15(13-4-2-1-3-5-13)17-9-11-6-12(10-17)8-14(7-11)16(17)19/h1-5,11-12,14H,6-10H2. The van der Waals surface area contributed by atoms with Crippen LogP contribution in [0.5, 0.6) is 0 Å². The fourth-order valence-corrected chi connectivity index (χ4v) is 4.94. The van der Waals surface area contributed by atoms with E-state index in [1.165, 1.54) is 6.42 Å². The number of carbonyl (C=O) groups is 2. The van der Waals surface area contributed by atoms with Crippen LogP contribution in [0.15, 0.2) is 30.3 Å². The lowest BCUT2D eigenvalue weighted by Gasteiger charge is -2.54. The Morgan fingerprint density at radius 2 is 1.63 bits per heavy atom. The summed E-state index contributed by atoms with van der Waals surface area (Å²) in [5.74, 6) is 1.76. The van der Waals surface area contributed by atoms with Crippen molar-refractivity contribution < 1.29 is 9.59 Å². The molecule has 5 rings (SSSR count). The molecule has 4 bridgehead atoms. The van der Waals surface area contributed by atoms with Gasteiger partial charge in [-0.05, 0) is 43.9 Å². The molecule has 2 atom stereocenters. The van der Waals surface area contributed by atoms with Gasteiger partial charge < -0.3 is 0 Å². The molecule has 0 radical (unpaired) electrons. The fraction of sp³-hybridized carbons (Fsp3) is 0.529. The van der Waals surface area contributed by atoms with Crippen molar-refractivity contribution in [1.29, 1.82) is 0 Å². The molecule has 4 aliphatic carbocycles. The molecule has 4 saturated carbocycles. The van der Waals surface area contributed by atoms with Gasteiger partial charge in [0.05, 0.1) is 5.41 Å². The molecule has 0 aromatic heterocycles. The lowest BCUT2D eigenvalue weighted by molar-refractivity contribution is -0.147. The average Bonchev–Trinajstić information content (AvgIpc) is 2.44. The molecule has 0 saturated heterocycles. The van der Waals surface area contributed by atoms with Gasteiger partial charge in [0.15, 0.2) is 5.78 Å². The molecule has 19 heavy (non-hydrogen) atoms. The summed E-state index contributed by atoms with van der Waals surface area (Å²) in [4.78, 5) is 25.6. The molecule has 1 aromatic carbocycles. The van der Waals surface area contributed by atoms with Crippen LogP contribution < -0.4 is 0 Å². The summed E-state index contributed by atoms with van der Waals surface area (Å²) in [7, 11) is 0. The van der Waals surface area contributed by atoms with Crippen molar-refractivity contribution in [3.63, 3.8) is 0 Å². The van der Waals surface area contributed by atoms with Crippen LogP contribution in [0.4, 0.5) is 0 Å². The van der Waals surface area contributed by atoms with Crippen LogP contribution in [-0.4, -0.2) is 11.6 Å². The molecule has 0 spiro atoms. The minimum Gasteiger partial charge on any atom is -0.298 e. The maximum Gasteiger partial charge on any atom is 0.176 e. The maximum atomic E-state index is 12.9. The monoisotopic (exact) mass is 254 g/mol. The summed E-state index contributed by atoms with van der Waals surface area (Å²) in [6.07, 6.45) is 4.95. The van der Waals surface area contributed by atoms with Crippen molar-refractivity contribution >= 4 is 11.6 Å². The van der Waals surface area contributed by atoms with Crippen LogP contribution in [-0.2, 0) is 4.79 Å². The highest BCUT2D eigenvalue weighted by Crippen LogP contribution is 2.58. The Kier molecular flexibility index (Phi) is 2.27. The molecular formula is C17H18O2. The van der Waals surface area contributed by atoms with E-state index < -0.39 is 5.41 Å². The van der Waals surface area contributed by atoms with Gasteiger partial charge in [-0.25, -0.2) is 0 Å². The van der Waals surface area contributed by atoms with Crippen molar-refractivity contribution in [3.8, 4) is 0 Å². The largest absolute Gasteiger partial charge is 0.298 e. The summed E-state index contributed by atoms with van der Waals surface area (Å²) < 4.78 is 0. The van der Waals surface area contributed by atoms with Crippen LogP contribution in [0.25, 0.3) is 0 Å². The van der Waals surface area contributed by atoms with Gasteiger partial charge in [0.25, 0.3) is 0 Å². The Morgan fingerprint density at radius 1 is 1.00 bits per heavy atom. The zero-order chi connectivity index (χ0) is 13.0. The minimum absolute atomic E-state index is 0.0946. The first-order valence-electron chi connectivity index (χ1n) is 7.33. The SMILES string of the molecule is O=C(c1ccccc1)C12CC3CC(CC(C3)C1=O)C2. The summed E-state index contributed by atoms with van der Waals surface area (Å²) in [5, 5.41) is 0. The lowest BCUT2D eigenvalue weighted by atomic mass is 9.47. The van der Waals surface area contributed by atoms with E-state index in [0.717, 1.165) is 31.2 Å². The second-order valence-corrected chi connectivity index (χ2v) is 6.69. The third kappa shape index (κ3) is 1.49. The molecule has 2 unspecified atom stereocenters. The highest BCUT2D eigenvalue weighted by atomic mass is 16.2. The van der Waals surface area contributed by atoms with Crippen molar-refractivity contribution in [3.05, 3.63) is 35.9 Å². The van der Waals surface area contributed by atoms with E-state index in [-0.39, 0.29) is 17.5 Å². The predicted molar refractivity (Wildman–Crippen MR) is 71.8 cm³/mol. The van der Waals surface area contributed by atoms with E-state index in [1.807, 2.05) is 30.3 Å². The zero-order valence-corrected chi connectivity index (χ0v) is 11.0. The quantitative estimate of drug-likeness (QED) is 0.599. The third-order valence-corrected chi connectivity index (χ3v) is 5.49. The lowest BCUT2D eigenvalue weighted by Crippen LogP contribution is -2.56. The molecule has 0 aliphatic heterocycles. The van der Waals surface area contributed by atoms with E-state index in [1.54, 1.807) is 0 Å². The molecule has 2 heteroatoms. The Labute approximate surface area is 113 Å². The summed E-state index contributed by atoms with van der Waals surface area (Å²) in [6.45, 7) is 0. The van der Waals surface area contributed by atoms with Crippen molar-refractivity contribution in [2.75, 3.05) is 0 Å². The van der Waals surface area contributed by atoms with E-state index >= 15 is 0 Å². The van der Waals surface area contributed by atoms with E-state index in [9.17, 15) is 9.59 Å². The normalized spacial score (nSPS) is 39.6. The number of carbonyl (C=O) groups excluding carboxylic acids is 2. The van der Waals surface area contributed by atoms with Crippen LogP contribution in [0.3, 0.4) is 0 Å². The Bertz CT molecular complexity index is 532. The smallest absolute Gasteiger partial charge is 0.176 e. The molecule has 4 fully saturated rings. The highest BCUT2D eigenvalue weighted by Gasteiger charge is 2.60. The second-order valence-electron chi connectivity index (χ2n) is 6.69. The van der Waals surface area contributed by atoms with Gasteiger partial charge >= 0.3 is 0 Å². The zero-order valence-electron chi connectivity index (χ0n) is 11.0. The van der Waals surface area contributed by atoms with Crippen molar-refractivity contribution in [1.82, 2.24) is 0 Å². The van der Waals surface area contributed by atoms with Gasteiger partial charge in [-0.2, -0.15) is 0 Å². The van der Waals surface area contributed by atoms with Gasteiger partial charge in [-0.15, -0.1) is 0 Å². The predicted octanol–water partition coefficient (Wildman–Crippen LogP) is 3.26. The average molecular weight is 254 g/mol. The van der Waals surface area contributed by atoms with Crippen molar-refractivity contribution in [2.45, 2.75) is 32.1 Å². The highest BCUT2D eigenvalue weighted by molar-refractivity contribution is 6.16. The molecule has 0 heterocycles. The number of hydrogen-bond acceptors (Lipinski definition) is 2. The maximum absolute atomic E-state index is 12.9. The molecule has 0 amide bonds. The Hall–Kier alpha value is -1.44. The van der Waals surface area contributed by atoms with Gasteiger partial charge in [0.2, 0.25) is 0 Å².